The molecule has 0 unspecified atom stereocenters. The first-order valence-corrected chi connectivity index (χ1v) is 4.23. The number of aliphatic hydroxyl groups is 1. The second-order valence-electron chi connectivity index (χ2n) is 2.52. The Labute approximate surface area is 73.4 Å². The molecule has 0 radical (unpaired) electrons. The Bertz CT molecular complexity index is 107. The van der Waals surface area contributed by atoms with Crippen molar-refractivity contribution >= 4 is 0 Å². The van der Waals surface area contributed by atoms with Gasteiger partial charge in [-0.05, 0) is 31.9 Å². The van der Waals surface area contributed by atoms with Crippen LogP contribution in [-0.2, 0) is 4.84 Å². The first kappa shape index (κ1) is 11.4. The Balaban J connectivity index is 2.81. The molecule has 72 valence electrons. The average Bonchev–Trinajstić information content (AvgIpc) is 2.10. The summed E-state index contributed by atoms with van der Waals surface area (Å²) >= 11 is 0. The van der Waals surface area contributed by atoms with E-state index in [1.54, 1.807) is 6.08 Å². The van der Waals surface area contributed by atoms with Gasteiger partial charge in [0.1, 0.15) is 0 Å². The van der Waals surface area contributed by atoms with Gasteiger partial charge in [-0.25, -0.2) is 5.90 Å². The van der Waals surface area contributed by atoms with Crippen LogP contribution >= 0.6 is 0 Å². The summed E-state index contributed by atoms with van der Waals surface area (Å²) in [5.41, 5.74) is 0. The first-order valence-electron chi connectivity index (χ1n) is 4.23. The molecule has 0 amide bonds. The average molecular weight is 174 g/mol. The predicted octanol–water partition coefficient (Wildman–Crippen LogP) is 0.708. The van der Waals surface area contributed by atoms with Crippen LogP contribution in [-0.4, -0.2) is 24.8 Å². The fourth-order valence-electron chi connectivity index (χ4n) is 0.850. The molecule has 0 saturated heterocycles. The van der Waals surface area contributed by atoms with Gasteiger partial charge in [0.15, 0.2) is 0 Å². The summed E-state index contributed by atoms with van der Waals surface area (Å²) in [6.07, 6.45) is 5.96. The van der Waals surface area contributed by atoms with E-state index in [1.165, 1.54) is 0 Å². The van der Waals surface area contributed by atoms with Crippen LogP contribution in [0.3, 0.4) is 0 Å². The molecule has 0 fully saturated rings. The van der Waals surface area contributed by atoms with Gasteiger partial charge in [-0.1, -0.05) is 0 Å². The number of aliphatic hydroxyl groups excluding tert-OH is 1. The van der Waals surface area contributed by atoms with Crippen LogP contribution in [0.25, 0.3) is 0 Å². The third kappa shape index (κ3) is 9.42. The van der Waals surface area contributed by atoms with Crippen molar-refractivity contribution in [1.29, 1.82) is 0 Å². The van der Waals surface area contributed by atoms with Gasteiger partial charge in [-0.2, -0.15) is 0 Å². The highest BCUT2D eigenvalue weighted by Gasteiger charge is 1.87. The molecule has 0 aromatic heterocycles. The van der Waals surface area contributed by atoms with Crippen molar-refractivity contribution in [2.24, 2.45) is 5.90 Å². The van der Waals surface area contributed by atoms with Crippen LogP contribution < -0.4 is 11.2 Å². The molecule has 0 aliphatic rings. The smallest absolute Gasteiger partial charge is 0.0764 e. The maximum atomic E-state index is 8.29. The standard InChI is InChI=1S/C8H18N2O2/c9-12-8-3-1-2-5-10-6-4-7-11/h4,7,10-11H,1-3,5-6,8-9H2/b7-4-. The fraction of sp³-hybridized carbons (Fsp3) is 0.750. The Kier molecular flexibility index (Phi) is 9.92. The zero-order valence-electron chi connectivity index (χ0n) is 7.33. The number of unbranched alkanes of at least 4 members (excludes halogenated alkanes) is 2. The second kappa shape index (κ2) is 10.4. The van der Waals surface area contributed by atoms with Crippen molar-refractivity contribution in [1.82, 2.24) is 5.32 Å². The topological polar surface area (TPSA) is 67.5 Å². The molecule has 0 saturated carbocycles. The highest BCUT2D eigenvalue weighted by Crippen LogP contribution is 1.92. The normalized spacial score (nSPS) is 11.1. The van der Waals surface area contributed by atoms with Crippen molar-refractivity contribution in [2.75, 3.05) is 19.7 Å². The molecular formula is C8H18N2O2. The van der Waals surface area contributed by atoms with Gasteiger partial charge in [-0.3, -0.25) is 0 Å². The van der Waals surface area contributed by atoms with E-state index < -0.39 is 0 Å². The number of nitrogens with two attached hydrogens (primary N) is 1. The monoisotopic (exact) mass is 174 g/mol. The Morgan fingerprint density at radius 3 is 2.83 bits per heavy atom. The van der Waals surface area contributed by atoms with E-state index in [0.717, 1.165) is 38.6 Å². The summed E-state index contributed by atoms with van der Waals surface area (Å²) in [5.74, 6) is 4.86. The predicted molar refractivity (Wildman–Crippen MR) is 48.6 cm³/mol. The van der Waals surface area contributed by atoms with Crippen molar-refractivity contribution in [2.45, 2.75) is 19.3 Å². The van der Waals surface area contributed by atoms with Crippen LogP contribution in [0.1, 0.15) is 19.3 Å². The molecule has 0 aromatic carbocycles. The van der Waals surface area contributed by atoms with E-state index in [1.807, 2.05) is 0 Å². The van der Waals surface area contributed by atoms with Crippen LogP contribution in [0.15, 0.2) is 12.3 Å². The van der Waals surface area contributed by atoms with Crippen molar-refractivity contribution in [3.05, 3.63) is 12.3 Å². The fourth-order valence-corrected chi connectivity index (χ4v) is 0.850. The highest BCUT2D eigenvalue weighted by atomic mass is 16.6. The largest absolute Gasteiger partial charge is 0.516 e. The van der Waals surface area contributed by atoms with E-state index in [4.69, 9.17) is 11.0 Å². The Morgan fingerprint density at radius 2 is 2.17 bits per heavy atom. The van der Waals surface area contributed by atoms with Crippen molar-refractivity contribution < 1.29 is 9.94 Å². The summed E-state index contributed by atoms with van der Waals surface area (Å²) in [4.78, 5) is 4.42. The number of nitrogens with one attached hydrogen (secondary N) is 1. The molecule has 0 aliphatic carbocycles. The Hall–Kier alpha value is -0.580. The lowest BCUT2D eigenvalue weighted by atomic mass is 10.2. The quantitative estimate of drug-likeness (QED) is 0.288. The summed E-state index contributed by atoms with van der Waals surface area (Å²) in [6, 6.07) is 0. The summed E-state index contributed by atoms with van der Waals surface area (Å²) < 4.78 is 0. The summed E-state index contributed by atoms with van der Waals surface area (Å²) in [7, 11) is 0. The minimum atomic E-state index is 0.635. The molecule has 4 heteroatoms. The van der Waals surface area contributed by atoms with Crippen LogP contribution in [0, 0.1) is 0 Å². The molecule has 0 atom stereocenters. The number of hydrogen-bond donors (Lipinski definition) is 3. The van der Waals surface area contributed by atoms with E-state index in [0.29, 0.717) is 6.61 Å². The van der Waals surface area contributed by atoms with E-state index in [-0.39, 0.29) is 0 Å². The summed E-state index contributed by atoms with van der Waals surface area (Å²) in [5, 5.41) is 11.4. The Morgan fingerprint density at radius 1 is 1.33 bits per heavy atom. The second-order valence-corrected chi connectivity index (χ2v) is 2.52. The zero-order chi connectivity index (χ0) is 9.07. The van der Waals surface area contributed by atoms with Crippen LogP contribution in [0.2, 0.25) is 0 Å². The number of hydrogen-bond acceptors (Lipinski definition) is 4. The zero-order valence-corrected chi connectivity index (χ0v) is 7.33. The lowest BCUT2D eigenvalue weighted by Gasteiger charge is -2.00. The van der Waals surface area contributed by atoms with Crippen molar-refractivity contribution in [3.8, 4) is 0 Å². The van der Waals surface area contributed by atoms with Gasteiger partial charge >= 0.3 is 0 Å². The number of rotatable bonds is 8. The highest BCUT2D eigenvalue weighted by molar-refractivity contribution is 4.73. The molecular weight excluding hydrogens is 156 g/mol. The van der Waals surface area contributed by atoms with Gasteiger partial charge in [-0.15, -0.1) is 0 Å². The van der Waals surface area contributed by atoms with Crippen LogP contribution in [0.4, 0.5) is 0 Å². The lowest BCUT2D eigenvalue weighted by molar-refractivity contribution is 0.133. The van der Waals surface area contributed by atoms with Gasteiger partial charge in [0.05, 0.1) is 12.9 Å². The third-order valence-corrected chi connectivity index (χ3v) is 1.48. The molecule has 4 nitrogen and oxygen atoms in total. The molecule has 0 heterocycles. The molecule has 0 spiro atoms. The minimum Gasteiger partial charge on any atom is -0.516 e. The third-order valence-electron chi connectivity index (χ3n) is 1.48. The van der Waals surface area contributed by atoms with Gasteiger partial charge < -0.3 is 15.3 Å². The molecule has 0 aromatic rings. The van der Waals surface area contributed by atoms with Gasteiger partial charge in [0.2, 0.25) is 0 Å². The molecule has 0 aliphatic heterocycles. The van der Waals surface area contributed by atoms with Crippen LogP contribution in [0.5, 0.6) is 0 Å². The molecule has 4 N–H and O–H groups in total. The van der Waals surface area contributed by atoms with E-state index in [2.05, 4.69) is 10.2 Å². The maximum absolute atomic E-state index is 8.29. The van der Waals surface area contributed by atoms with Gasteiger partial charge in [0.25, 0.3) is 0 Å². The van der Waals surface area contributed by atoms with Gasteiger partial charge in [0, 0.05) is 6.54 Å². The minimum absolute atomic E-state index is 0.635. The molecule has 0 rings (SSSR count). The molecule has 0 bridgehead atoms. The SMILES string of the molecule is NOCCCCCNC/C=C\O. The maximum Gasteiger partial charge on any atom is 0.0764 e. The lowest BCUT2D eigenvalue weighted by Crippen LogP contribution is -2.15. The van der Waals surface area contributed by atoms with Crippen molar-refractivity contribution in [3.63, 3.8) is 0 Å². The van der Waals surface area contributed by atoms with E-state index in [9.17, 15) is 0 Å². The molecule has 12 heavy (non-hydrogen) atoms. The first-order chi connectivity index (χ1) is 5.91. The summed E-state index contributed by atoms with van der Waals surface area (Å²) in [6.45, 7) is 2.33. The van der Waals surface area contributed by atoms with E-state index >= 15 is 0 Å².